The number of nitrogens with two attached hydrogens (primary N) is 1. The molecule has 0 radical (unpaired) electrons. The Morgan fingerprint density at radius 3 is 2.33 bits per heavy atom. The molecule has 0 aliphatic rings. The van der Waals surface area contributed by atoms with Gasteiger partial charge in [0.2, 0.25) is 5.91 Å². The van der Waals surface area contributed by atoms with E-state index in [0.717, 1.165) is 13.0 Å². The smallest absolute Gasteiger partial charge is 0.237 e. The normalized spacial score (nSPS) is 14.6. The number of thiocarbonyl (C=S) groups is 1. The number of likely N-dealkylation sites (N-methyl/N-ethyl adjacent to an activating group) is 1. The second-order valence-electron chi connectivity index (χ2n) is 5.33. The van der Waals surface area contributed by atoms with E-state index in [0.29, 0.717) is 17.3 Å². The second-order valence-corrected chi connectivity index (χ2v) is 5.86. The highest BCUT2D eigenvalue weighted by atomic mass is 32.1. The topological polar surface area (TPSA) is 58.4 Å². The van der Waals surface area contributed by atoms with Gasteiger partial charge < -0.3 is 11.1 Å². The Labute approximate surface area is 116 Å². The van der Waals surface area contributed by atoms with Crippen molar-refractivity contribution in [2.45, 2.75) is 52.6 Å². The molecule has 0 spiro atoms. The summed E-state index contributed by atoms with van der Waals surface area (Å²) in [6, 6.07) is 0.00913. The van der Waals surface area contributed by atoms with Crippen LogP contribution in [0.2, 0.25) is 0 Å². The van der Waals surface area contributed by atoms with Crippen molar-refractivity contribution >= 4 is 23.1 Å². The number of hydrogen-bond acceptors (Lipinski definition) is 3. The van der Waals surface area contributed by atoms with Gasteiger partial charge in [0.05, 0.1) is 11.0 Å². The highest BCUT2D eigenvalue weighted by molar-refractivity contribution is 7.80. The molecule has 4 nitrogen and oxygen atoms in total. The zero-order valence-electron chi connectivity index (χ0n) is 12.2. The predicted octanol–water partition coefficient (Wildman–Crippen LogP) is 1.53. The van der Waals surface area contributed by atoms with E-state index < -0.39 is 0 Å². The minimum Gasteiger partial charge on any atom is -0.393 e. The lowest BCUT2D eigenvalue weighted by molar-refractivity contribution is -0.126. The molecule has 0 fully saturated rings. The molecule has 0 saturated heterocycles. The molecule has 0 aromatic heterocycles. The van der Waals surface area contributed by atoms with Crippen molar-refractivity contribution in [2.75, 3.05) is 13.6 Å². The average Bonchev–Trinajstić information content (AvgIpc) is 2.25. The average molecular weight is 273 g/mol. The van der Waals surface area contributed by atoms with Gasteiger partial charge in [0.15, 0.2) is 0 Å². The number of rotatable bonds is 8. The third-order valence-corrected chi connectivity index (χ3v) is 3.37. The van der Waals surface area contributed by atoms with Crippen molar-refractivity contribution in [3.05, 3.63) is 0 Å². The minimum atomic E-state index is -0.165. The van der Waals surface area contributed by atoms with Crippen LogP contribution in [0.25, 0.3) is 0 Å². The molecule has 0 rings (SSSR count). The van der Waals surface area contributed by atoms with Gasteiger partial charge in [-0.15, -0.1) is 0 Å². The molecule has 0 heterocycles. The van der Waals surface area contributed by atoms with Gasteiger partial charge in [0.25, 0.3) is 0 Å². The van der Waals surface area contributed by atoms with Crippen LogP contribution < -0.4 is 11.1 Å². The van der Waals surface area contributed by atoms with E-state index >= 15 is 0 Å². The molecule has 0 aliphatic heterocycles. The first-order valence-corrected chi connectivity index (χ1v) is 6.94. The molecule has 2 atom stereocenters. The lowest BCUT2D eigenvalue weighted by atomic mass is 10.1. The number of nitrogens with one attached hydrogen (secondary N) is 1. The molecule has 0 aromatic carbocycles. The van der Waals surface area contributed by atoms with Gasteiger partial charge in [-0.05, 0) is 33.2 Å². The predicted molar refractivity (Wildman–Crippen MR) is 80.6 cm³/mol. The summed E-state index contributed by atoms with van der Waals surface area (Å²) in [5.74, 6) is 0.666. The first-order valence-electron chi connectivity index (χ1n) is 6.53. The second kappa shape index (κ2) is 8.43. The summed E-state index contributed by atoms with van der Waals surface area (Å²) < 4.78 is 0. The van der Waals surface area contributed by atoms with Crippen LogP contribution in [-0.4, -0.2) is 41.5 Å². The Bertz CT molecular complexity index is 281. The highest BCUT2D eigenvalue weighted by Gasteiger charge is 2.22. The van der Waals surface area contributed by atoms with E-state index in [-0.39, 0.29) is 18.0 Å². The van der Waals surface area contributed by atoms with Crippen LogP contribution >= 0.6 is 12.2 Å². The van der Waals surface area contributed by atoms with Crippen molar-refractivity contribution in [1.82, 2.24) is 10.2 Å². The molecule has 5 heteroatoms. The summed E-state index contributed by atoms with van der Waals surface area (Å²) in [6.45, 7) is 8.95. The maximum atomic E-state index is 11.9. The number of carbonyl (C=O) groups excluding carboxylic acids is 1. The standard InChI is InChI=1S/C13H27N3OS/c1-9(2)6-7-15-13(17)11(4)16(5)10(3)8-12(14)18/h9-11H,6-8H2,1-5H3,(H2,14,18)(H,15,17). The lowest BCUT2D eigenvalue weighted by Crippen LogP contribution is -2.47. The van der Waals surface area contributed by atoms with Gasteiger partial charge in [-0.1, -0.05) is 26.1 Å². The molecular weight excluding hydrogens is 246 g/mol. The maximum absolute atomic E-state index is 11.9. The van der Waals surface area contributed by atoms with Crippen LogP contribution in [0.5, 0.6) is 0 Å². The number of amides is 1. The van der Waals surface area contributed by atoms with E-state index in [1.54, 1.807) is 0 Å². The monoisotopic (exact) mass is 273 g/mol. The Morgan fingerprint density at radius 2 is 1.89 bits per heavy atom. The Morgan fingerprint density at radius 1 is 1.33 bits per heavy atom. The fourth-order valence-corrected chi connectivity index (χ4v) is 1.87. The van der Waals surface area contributed by atoms with Crippen molar-refractivity contribution in [3.8, 4) is 0 Å². The highest BCUT2D eigenvalue weighted by Crippen LogP contribution is 2.07. The lowest BCUT2D eigenvalue weighted by Gasteiger charge is -2.29. The summed E-state index contributed by atoms with van der Waals surface area (Å²) in [5, 5.41) is 2.96. The van der Waals surface area contributed by atoms with E-state index in [1.165, 1.54) is 0 Å². The van der Waals surface area contributed by atoms with Crippen molar-refractivity contribution < 1.29 is 4.79 Å². The molecule has 0 bridgehead atoms. The van der Waals surface area contributed by atoms with Crippen molar-refractivity contribution in [1.29, 1.82) is 0 Å². The number of hydrogen-bond donors (Lipinski definition) is 2. The molecule has 0 aliphatic carbocycles. The van der Waals surface area contributed by atoms with Crippen LogP contribution in [-0.2, 0) is 4.79 Å². The van der Waals surface area contributed by atoms with Gasteiger partial charge in [-0.2, -0.15) is 0 Å². The molecule has 18 heavy (non-hydrogen) atoms. The van der Waals surface area contributed by atoms with Crippen LogP contribution in [0.4, 0.5) is 0 Å². The first-order chi connectivity index (χ1) is 8.25. The molecule has 3 N–H and O–H groups in total. The van der Waals surface area contributed by atoms with Crippen molar-refractivity contribution in [3.63, 3.8) is 0 Å². The minimum absolute atomic E-state index is 0.0629. The SMILES string of the molecule is CC(C)CCNC(=O)C(C)N(C)C(C)CC(N)=S. The first kappa shape index (κ1) is 17.3. The third kappa shape index (κ3) is 6.91. The van der Waals surface area contributed by atoms with Crippen molar-refractivity contribution in [2.24, 2.45) is 11.7 Å². The molecule has 0 aromatic rings. The molecule has 2 unspecified atom stereocenters. The molecule has 1 amide bonds. The summed E-state index contributed by atoms with van der Waals surface area (Å²) in [5.41, 5.74) is 5.53. The third-order valence-electron chi connectivity index (χ3n) is 3.20. The Balaban J connectivity index is 4.14. The largest absolute Gasteiger partial charge is 0.393 e. The fourth-order valence-electron chi connectivity index (χ4n) is 1.63. The van der Waals surface area contributed by atoms with Gasteiger partial charge in [-0.3, -0.25) is 9.69 Å². The number of carbonyl (C=O) groups is 1. The van der Waals surface area contributed by atoms with Gasteiger partial charge >= 0.3 is 0 Å². The number of nitrogens with zero attached hydrogens (tertiary/aromatic N) is 1. The molecule has 0 saturated carbocycles. The maximum Gasteiger partial charge on any atom is 0.237 e. The fraction of sp³-hybridized carbons (Fsp3) is 0.846. The quantitative estimate of drug-likeness (QED) is 0.659. The van der Waals surface area contributed by atoms with Crippen LogP contribution in [0, 0.1) is 5.92 Å². The Kier molecular flexibility index (Phi) is 8.11. The van der Waals surface area contributed by atoms with Crippen LogP contribution in [0.3, 0.4) is 0 Å². The van der Waals surface area contributed by atoms with Gasteiger partial charge in [0.1, 0.15) is 0 Å². The summed E-state index contributed by atoms with van der Waals surface area (Å²) in [6.07, 6.45) is 1.64. The zero-order valence-corrected chi connectivity index (χ0v) is 13.0. The molecular formula is C13H27N3OS. The summed E-state index contributed by atoms with van der Waals surface area (Å²) in [7, 11) is 1.93. The van der Waals surface area contributed by atoms with Crippen LogP contribution in [0.15, 0.2) is 0 Å². The van der Waals surface area contributed by atoms with Gasteiger partial charge in [-0.25, -0.2) is 0 Å². The summed E-state index contributed by atoms with van der Waals surface area (Å²) >= 11 is 4.89. The molecule has 106 valence electrons. The van der Waals surface area contributed by atoms with E-state index in [9.17, 15) is 4.79 Å². The Hall–Kier alpha value is -0.680. The summed E-state index contributed by atoms with van der Waals surface area (Å²) in [4.78, 5) is 14.4. The zero-order chi connectivity index (χ0) is 14.3. The van der Waals surface area contributed by atoms with E-state index in [1.807, 2.05) is 25.8 Å². The van der Waals surface area contributed by atoms with Crippen LogP contribution in [0.1, 0.15) is 40.5 Å². The van der Waals surface area contributed by atoms with Gasteiger partial charge in [0, 0.05) is 19.0 Å². The van der Waals surface area contributed by atoms with E-state index in [2.05, 4.69) is 19.2 Å². The van der Waals surface area contributed by atoms with E-state index in [4.69, 9.17) is 18.0 Å².